The quantitative estimate of drug-likeness (QED) is 0.489. The second-order valence-corrected chi connectivity index (χ2v) is 6.39. The van der Waals surface area contributed by atoms with E-state index in [1.54, 1.807) is 12.1 Å². The Morgan fingerprint density at radius 3 is 1.85 bits per heavy atom. The molecule has 2 fully saturated rings. The maximum Gasteiger partial charge on any atom is 0.238 e. The van der Waals surface area contributed by atoms with E-state index in [-0.39, 0.29) is 35.5 Å². The second-order valence-electron chi connectivity index (χ2n) is 5.87. The van der Waals surface area contributed by atoms with Crippen LogP contribution in [0.15, 0.2) is 41.3 Å². The van der Waals surface area contributed by atoms with Crippen molar-refractivity contribution in [1.82, 2.24) is 0 Å². The zero-order valence-corrected chi connectivity index (χ0v) is 11.8. The smallest absolute Gasteiger partial charge is 0.238 e. The van der Waals surface area contributed by atoms with Gasteiger partial charge in [0.15, 0.2) is 0 Å². The predicted molar refractivity (Wildman–Crippen MR) is 78.5 cm³/mol. The molecule has 2 amide bonds. The summed E-state index contributed by atoms with van der Waals surface area (Å²) < 4.78 is 0. The first-order chi connectivity index (χ1) is 9.66. The van der Waals surface area contributed by atoms with Crippen molar-refractivity contribution >= 4 is 30.1 Å². The van der Waals surface area contributed by atoms with E-state index in [1.807, 2.05) is 12.1 Å². The van der Waals surface area contributed by atoms with Gasteiger partial charge in [-0.25, -0.2) is 0 Å². The lowest BCUT2D eigenvalue weighted by atomic mass is 9.63. The molecule has 5 rings (SSSR count). The molecule has 0 spiro atoms. The summed E-state index contributed by atoms with van der Waals surface area (Å²) in [5.41, 5.74) is 0.673. The number of carbonyl (C=O) groups excluding carboxylic acids is 2. The lowest BCUT2D eigenvalue weighted by Crippen LogP contribution is -2.38. The number of hydrogen-bond donors (Lipinski definition) is 1. The summed E-state index contributed by atoms with van der Waals surface area (Å²) in [7, 11) is 0. The molecule has 4 aliphatic rings. The Morgan fingerprint density at radius 2 is 1.40 bits per heavy atom. The predicted octanol–water partition coefficient (Wildman–Crippen LogP) is 2.68. The number of hydrogen-bond acceptors (Lipinski definition) is 3. The molecule has 3 aliphatic carbocycles. The van der Waals surface area contributed by atoms with Crippen molar-refractivity contribution in [3.8, 4) is 0 Å². The average molecular weight is 285 g/mol. The number of rotatable bonds is 1. The molecule has 1 aliphatic heterocycles. The molecule has 2 bridgehead atoms. The van der Waals surface area contributed by atoms with Crippen molar-refractivity contribution in [2.24, 2.45) is 23.7 Å². The van der Waals surface area contributed by atoms with Gasteiger partial charge in [-0.3, -0.25) is 14.5 Å². The SMILES string of the molecule is O=C1C2C(C(=O)N1c1ccc(S)cc1)[C@H]1C=C[C@@H]2CC1. The molecule has 0 aromatic heterocycles. The third-order valence-corrected chi connectivity index (χ3v) is 5.17. The third kappa shape index (κ3) is 1.54. The number of imide groups is 1. The fraction of sp³-hybridized carbons (Fsp3) is 0.375. The zero-order chi connectivity index (χ0) is 13.9. The standard InChI is InChI=1S/C16H15NO2S/c18-15-13-9-1-2-10(4-3-9)14(13)16(19)17(15)11-5-7-12(20)8-6-11/h1-2,5-10,13-14,20H,3-4H2/t9-,10+,13?,14?. The van der Waals surface area contributed by atoms with Gasteiger partial charge in [-0.15, -0.1) is 12.6 Å². The molecule has 4 atom stereocenters. The number of allylic oxidation sites excluding steroid dienone is 2. The van der Waals surface area contributed by atoms with Gasteiger partial charge in [0.1, 0.15) is 0 Å². The van der Waals surface area contributed by atoms with E-state index in [1.165, 1.54) is 4.90 Å². The van der Waals surface area contributed by atoms with Crippen molar-refractivity contribution < 1.29 is 9.59 Å². The van der Waals surface area contributed by atoms with Crippen LogP contribution < -0.4 is 4.90 Å². The van der Waals surface area contributed by atoms with Crippen molar-refractivity contribution in [3.05, 3.63) is 36.4 Å². The number of carbonyl (C=O) groups is 2. The van der Waals surface area contributed by atoms with E-state index in [0.29, 0.717) is 5.69 Å². The maximum absolute atomic E-state index is 12.7. The summed E-state index contributed by atoms with van der Waals surface area (Å²) in [6.45, 7) is 0. The molecular weight excluding hydrogens is 270 g/mol. The Balaban J connectivity index is 1.75. The molecule has 1 heterocycles. The fourth-order valence-corrected chi connectivity index (χ4v) is 4.08. The van der Waals surface area contributed by atoms with Gasteiger partial charge in [0, 0.05) is 4.90 Å². The number of nitrogens with zero attached hydrogens (tertiary/aromatic N) is 1. The second kappa shape index (κ2) is 4.22. The molecule has 0 radical (unpaired) electrons. The summed E-state index contributed by atoms with van der Waals surface area (Å²) in [5, 5.41) is 0. The van der Waals surface area contributed by atoms with Crippen LogP contribution in [0.1, 0.15) is 12.8 Å². The van der Waals surface area contributed by atoms with Crippen LogP contribution in [0, 0.1) is 23.7 Å². The summed E-state index contributed by atoms with van der Waals surface area (Å²) in [4.78, 5) is 27.6. The minimum absolute atomic E-state index is 0.0223. The summed E-state index contributed by atoms with van der Waals surface area (Å²) in [5.74, 6) is 0.173. The average Bonchev–Trinajstić information content (AvgIpc) is 2.76. The Bertz CT molecular complexity index is 590. The number of fused-ring (bicyclic) bond motifs is 1. The van der Waals surface area contributed by atoms with Crippen LogP contribution in [0.4, 0.5) is 5.69 Å². The van der Waals surface area contributed by atoms with Crippen molar-refractivity contribution in [2.45, 2.75) is 17.7 Å². The Labute approximate surface area is 123 Å². The minimum Gasteiger partial charge on any atom is -0.274 e. The highest BCUT2D eigenvalue weighted by molar-refractivity contribution is 7.80. The number of anilines is 1. The molecular formula is C16H15NO2S. The molecule has 2 unspecified atom stereocenters. The third-order valence-electron chi connectivity index (χ3n) is 4.87. The van der Waals surface area contributed by atoms with Crippen LogP contribution in [0.3, 0.4) is 0 Å². The van der Waals surface area contributed by atoms with Crippen LogP contribution in [0.2, 0.25) is 0 Å². The molecule has 20 heavy (non-hydrogen) atoms. The van der Waals surface area contributed by atoms with Gasteiger partial charge in [-0.1, -0.05) is 12.2 Å². The molecule has 1 saturated carbocycles. The van der Waals surface area contributed by atoms with Gasteiger partial charge in [-0.05, 0) is 48.9 Å². The van der Waals surface area contributed by atoms with E-state index in [2.05, 4.69) is 24.8 Å². The molecule has 1 saturated heterocycles. The van der Waals surface area contributed by atoms with E-state index in [0.717, 1.165) is 17.7 Å². The van der Waals surface area contributed by atoms with Gasteiger partial charge in [0.05, 0.1) is 17.5 Å². The van der Waals surface area contributed by atoms with E-state index in [4.69, 9.17) is 0 Å². The number of amides is 2. The molecule has 4 heteroatoms. The van der Waals surface area contributed by atoms with Gasteiger partial charge >= 0.3 is 0 Å². The maximum atomic E-state index is 12.7. The van der Waals surface area contributed by atoms with E-state index < -0.39 is 0 Å². The van der Waals surface area contributed by atoms with Crippen LogP contribution in [-0.4, -0.2) is 11.8 Å². The zero-order valence-electron chi connectivity index (χ0n) is 10.9. The van der Waals surface area contributed by atoms with Gasteiger partial charge in [-0.2, -0.15) is 0 Å². The summed E-state index contributed by atoms with van der Waals surface area (Å²) in [6.07, 6.45) is 6.34. The molecule has 3 nitrogen and oxygen atoms in total. The first-order valence-electron chi connectivity index (χ1n) is 7.02. The highest BCUT2D eigenvalue weighted by Gasteiger charge is 2.56. The van der Waals surface area contributed by atoms with Crippen LogP contribution in [0.25, 0.3) is 0 Å². The largest absolute Gasteiger partial charge is 0.274 e. The summed E-state index contributed by atoms with van der Waals surface area (Å²) >= 11 is 4.24. The highest BCUT2D eigenvalue weighted by Crippen LogP contribution is 2.50. The van der Waals surface area contributed by atoms with Crippen LogP contribution in [-0.2, 0) is 9.59 Å². The Kier molecular flexibility index (Phi) is 2.58. The highest BCUT2D eigenvalue weighted by atomic mass is 32.1. The fourth-order valence-electron chi connectivity index (χ4n) is 3.93. The van der Waals surface area contributed by atoms with Crippen molar-refractivity contribution in [2.75, 3.05) is 4.90 Å². The number of thiol groups is 1. The van der Waals surface area contributed by atoms with Gasteiger partial charge in [0.25, 0.3) is 0 Å². The van der Waals surface area contributed by atoms with Gasteiger partial charge < -0.3 is 0 Å². The lowest BCUT2D eigenvalue weighted by Gasteiger charge is -2.38. The first kappa shape index (κ1) is 12.2. The lowest BCUT2D eigenvalue weighted by molar-refractivity contribution is -0.124. The molecule has 1 aromatic carbocycles. The minimum atomic E-state index is -0.137. The summed E-state index contributed by atoms with van der Waals surface area (Å²) in [6, 6.07) is 7.22. The van der Waals surface area contributed by atoms with E-state index in [9.17, 15) is 9.59 Å². The van der Waals surface area contributed by atoms with Crippen molar-refractivity contribution in [3.63, 3.8) is 0 Å². The molecule has 1 aromatic rings. The Morgan fingerprint density at radius 1 is 0.900 bits per heavy atom. The molecule has 102 valence electrons. The Hall–Kier alpha value is -1.55. The first-order valence-corrected chi connectivity index (χ1v) is 7.47. The van der Waals surface area contributed by atoms with Crippen molar-refractivity contribution in [1.29, 1.82) is 0 Å². The van der Waals surface area contributed by atoms with E-state index >= 15 is 0 Å². The van der Waals surface area contributed by atoms with Crippen LogP contribution in [0.5, 0.6) is 0 Å². The van der Waals surface area contributed by atoms with Gasteiger partial charge in [0.2, 0.25) is 11.8 Å². The monoisotopic (exact) mass is 285 g/mol. The topological polar surface area (TPSA) is 37.4 Å². The normalized spacial score (nSPS) is 34.8. The molecule has 0 N–H and O–H groups in total. The number of benzene rings is 1. The van der Waals surface area contributed by atoms with Crippen LogP contribution >= 0.6 is 12.6 Å².